The zero-order valence-electron chi connectivity index (χ0n) is 14.0. The van der Waals surface area contributed by atoms with Crippen LogP contribution in [0.5, 0.6) is 0 Å². The lowest BCUT2D eigenvalue weighted by Gasteiger charge is -2.20. The molecule has 9 nitrogen and oxygen atoms in total. The number of carbonyl (C=O) groups excluding carboxylic acids is 1. The highest BCUT2D eigenvalue weighted by atomic mass is 16.1. The molecule has 0 bridgehead atoms. The standard InChI is InChI=1S/C15H22N8O/c1-22-18-13(16-20-22)7-11(9-3-4-9)15(24)12(10-5-6-10)8-14-17-21-23(2)19-14/h9-12H,3-8H2,1-2H3. The van der Waals surface area contributed by atoms with Gasteiger partial charge in [0.1, 0.15) is 5.78 Å². The number of aromatic nitrogens is 8. The molecule has 2 aliphatic rings. The third-order valence-corrected chi connectivity index (χ3v) is 5.02. The number of nitrogens with zero attached hydrogens (tertiary/aromatic N) is 8. The minimum absolute atomic E-state index is 0.00327. The molecular weight excluding hydrogens is 308 g/mol. The molecule has 24 heavy (non-hydrogen) atoms. The second-order valence-electron chi connectivity index (χ2n) is 7.09. The maximum atomic E-state index is 13.3. The molecule has 2 fully saturated rings. The number of hydrogen-bond donors (Lipinski definition) is 0. The maximum absolute atomic E-state index is 13.3. The number of hydrogen-bond acceptors (Lipinski definition) is 7. The molecule has 0 aromatic carbocycles. The van der Waals surface area contributed by atoms with Crippen molar-refractivity contribution in [1.82, 2.24) is 40.4 Å². The van der Waals surface area contributed by atoms with Gasteiger partial charge in [-0.15, -0.1) is 20.4 Å². The van der Waals surface area contributed by atoms with Gasteiger partial charge in [-0.3, -0.25) is 4.79 Å². The van der Waals surface area contributed by atoms with Crippen molar-refractivity contribution in [1.29, 1.82) is 0 Å². The van der Waals surface area contributed by atoms with E-state index in [1.54, 1.807) is 14.1 Å². The van der Waals surface area contributed by atoms with Crippen molar-refractivity contribution < 1.29 is 4.79 Å². The van der Waals surface area contributed by atoms with Crippen molar-refractivity contribution >= 4 is 5.78 Å². The van der Waals surface area contributed by atoms with Gasteiger partial charge in [-0.05, 0) is 47.9 Å². The van der Waals surface area contributed by atoms with Crippen molar-refractivity contribution in [2.24, 2.45) is 37.8 Å². The van der Waals surface area contributed by atoms with E-state index in [9.17, 15) is 4.79 Å². The molecule has 4 rings (SSSR count). The van der Waals surface area contributed by atoms with E-state index in [4.69, 9.17) is 0 Å². The third kappa shape index (κ3) is 3.34. The molecule has 2 aromatic rings. The first-order valence-corrected chi connectivity index (χ1v) is 8.59. The average molecular weight is 330 g/mol. The van der Waals surface area contributed by atoms with Gasteiger partial charge in [-0.25, -0.2) is 0 Å². The van der Waals surface area contributed by atoms with Crippen LogP contribution in [0.15, 0.2) is 0 Å². The molecule has 0 amide bonds. The van der Waals surface area contributed by atoms with Gasteiger partial charge in [0.05, 0.1) is 14.1 Å². The fourth-order valence-electron chi connectivity index (χ4n) is 3.47. The Kier molecular flexibility index (Phi) is 3.85. The van der Waals surface area contributed by atoms with Crippen LogP contribution < -0.4 is 0 Å². The van der Waals surface area contributed by atoms with Gasteiger partial charge in [-0.2, -0.15) is 9.59 Å². The maximum Gasteiger partial charge on any atom is 0.175 e. The molecule has 2 atom stereocenters. The minimum Gasteiger partial charge on any atom is -0.299 e. The predicted octanol–water partition coefficient (Wildman–Crippen LogP) is 0.140. The lowest BCUT2D eigenvalue weighted by Crippen LogP contribution is -2.30. The van der Waals surface area contributed by atoms with Crippen LogP contribution in [0.2, 0.25) is 0 Å². The largest absolute Gasteiger partial charge is 0.299 e. The minimum atomic E-state index is -0.00327. The fraction of sp³-hybridized carbons (Fsp3) is 0.800. The van der Waals surface area contributed by atoms with Crippen LogP contribution in [-0.2, 0) is 31.7 Å². The van der Waals surface area contributed by atoms with Crippen LogP contribution in [0.1, 0.15) is 37.3 Å². The third-order valence-electron chi connectivity index (χ3n) is 5.02. The Bertz CT molecular complexity index is 669. The lowest BCUT2D eigenvalue weighted by atomic mass is 9.82. The summed E-state index contributed by atoms with van der Waals surface area (Å²) in [5.41, 5.74) is 0. The molecule has 2 saturated carbocycles. The molecule has 9 heteroatoms. The fourth-order valence-corrected chi connectivity index (χ4v) is 3.47. The second-order valence-corrected chi connectivity index (χ2v) is 7.09. The zero-order valence-corrected chi connectivity index (χ0v) is 14.0. The van der Waals surface area contributed by atoms with Crippen molar-refractivity contribution in [2.45, 2.75) is 38.5 Å². The predicted molar refractivity (Wildman–Crippen MR) is 82.4 cm³/mol. The lowest BCUT2D eigenvalue weighted by molar-refractivity contribution is -0.128. The summed E-state index contributed by atoms with van der Waals surface area (Å²) in [6.07, 6.45) is 5.67. The molecule has 2 unspecified atom stereocenters. The van der Waals surface area contributed by atoms with Gasteiger partial charge >= 0.3 is 0 Å². The number of ketones is 1. The van der Waals surface area contributed by atoms with Crippen molar-refractivity contribution in [2.75, 3.05) is 0 Å². The van der Waals surface area contributed by atoms with Crippen LogP contribution in [-0.4, -0.2) is 46.2 Å². The normalized spacial score (nSPS) is 20.1. The Labute approximate surface area is 139 Å². The van der Waals surface area contributed by atoms with E-state index in [0.717, 1.165) is 25.7 Å². The zero-order chi connectivity index (χ0) is 16.7. The molecule has 0 spiro atoms. The SMILES string of the molecule is Cn1nnc(CC(C(=O)C(Cc2nnn(C)n2)C2CC2)C2CC2)n1. The highest BCUT2D eigenvalue weighted by Gasteiger charge is 2.44. The first kappa shape index (κ1) is 15.3. The first-order chi connectivity index (χ1) is 11.6. The Hall–Kier alpha value is -2.19. The molecule has 0 saturated heterocycles. The molecule has 2 aliphatic carbocycles. The Morgan fingerprint density at radius 3 is 1.62 bits per heavy atom. The van der Waals surface area contributed by atoms with E-state index >= 15 is 0 Å². The number of rotatable bonds is 8. The molecule has 0 N–H and O–H groups in total. The summed E-state index contributed by atoms with van der Waals surface area (Å²) in [5.74, 6) is 2.59. The first-order valence-electron chi connectivity index (χ1n) is 8.59. The van der Waals surface area contributed by atoms with Crippen LogP contribution in [0, 0.1) is 23.7 Å². The summed E-state index contributed by atoms with van der Waals surface area (Å²) in [6.45, 7) is 0. The summed E-state index contributed by atoms with van der Waals surface area (Å²) in [6, 6.07) is 0. The summed E-state index contributed by atoms with van der Waals surface area (Å²) in [5, 5.41) is 24.4. The van der Waals surface area contributed by atoms with E-state index in [1.807, 2.05) is 0 Å². The Morgan fingerprint density at radius 2 is 1.33 bits per heavy atom. The van der Waals surface area contributed by atoms with Crippen molar-refractivity contribution in [3.63, 3.8) is 0 Å². The molecular formula is C15H22N8O. The number of aryl methyl sites for hydroxylation is 2. The second kappa shape index (κ2) is 6.03. The van der Waals surface area contributed by atoms with E-state index in [1.165, 1.54) is 9.59 Å². The van der Waals surface area contributed by atoms with E-state index in [2.05, 4.69) is 30.8 Å². The number of tetrazole rings is 2. The highest BCUT2D eigenvalue weighted by Crippen LogP contribution is 2.45. The number of carbonyl (C=O) groups is 1. The Balaban J connectivity index is 1.50. The highest BCUT2D eigenvalue weighted by molar-refractivity contribution is 5.85. The van der Waals surface area contributed by atoms with Gasteiger partial charge < -0.3 is 0 Å². The molecule has 0 aliphatic heterocycles. The van der Waals surface area contributed by atoms with Gasteiger partial charge in [0.25, 0.3) is 0 Å². The summed E-state index contributed by atoms with van der Waals surface area (Å²) in [4.78, 5) is 16.2. The summed E-state index contributed by atoms with van der Waals surface area (Å²) in [7, 11) is 3.49. The number of Topliss-reactive ketones (excluding diaryl/α,β-unsaturated/α-hetero) is 1. The molecule has 128 valence electrons. The molecule has 2 heterocycles. The van der Waals surface area contributed by atoms with Crippen LogP contribution in [0.3, 0.4) is 0 Å². The monoisotopic (exact) mass is 330 g/mol. The molecule has 0 radical (unpaired) electrons. The van der Waals surface area contributed by atoms with Gasteiger partial charge in [-0.1, -0.05) is 0 Å². The van der Waals surface area contributed by atoms with Gasteiger partial charge in [0.15, 0.2) is 11.6 Å². The summed E-state index contributed by atoms with van der Waals surface area (Å²) >= 11 is 0. The topological polar surface area (TPSA) is 104 Å². The smallest absolute Gasteiger partial charge is 0.175 e. The van der Waals surface area contributed by atoms with Crippen LogP contribution in [0.25, 0.3) is 0 Å². The van der Waals surface area contributed by atoms with Crippen LogP contribution in [0.4, 0.5) is 0 Å². The van der Waals surface area contributed by atoms with E-state index < -0.39 is 0 Å². The van der Waals surface area contributed by atoms with Crippen LogP contribution >= 0.6 is 0 Å². The van der Waals surface area contributed by atoms with Crippen molar-refractivity contribution in [3.05, 3.63) is 11.6 Å². The van der Waals surface area contributed by atoms with E-state index in [0.29, 0.717) is 42.1 Å². The Morgan fingerprint density at radius 1 is 0.917 bits per heavy atom. The van der Waals surface area contributed by atoms with E-state index in [-0.39, 0.29) is 11.8 Å². The quantitative estimate of drug-likeness (QED) is 0.678. The average Bonchev–Trinajstić information content (AvgIpc) is 3.47. The molecule has 2 aromatic heterocycles. The summed E-state index contributed by atoms with van der Waals surface area (Å²) < 4.78 is 0. The van der Waals surface area contributed by atoms with Crippen molar-refractivity contribution in [3.8, 4) is 0 Å². The van der Waals surface area contributed by atoms with Gasteiger partial charge in [0.2, 0.25) is 0 Å². The van der Waals surface area contributed by atoms with Gasteiger partial charge in [0, 0.05) is 24.7 Å².